The molecule has 0 bridgehead atoms. The van der Waals surface area contributed by atoms with Gasteiger partial charge in [-0.3, -0.25) is 0 Å². The number of hydrogen-bond acceptors (Lipinski definition) is 4. The summed E-state index contributed by atoms with van der Waals surface area (Å²) in [6, 6.07) is 9.72. The van der Waals surface area contributed by atoms with E-state index in [1.807, 2.05) is 44.2 Å². The van der Waals surface area contributed by atoms with E-state index in [0.29, 0.717) is 6.54 Å². The van der Waals surface area contributed by atoms with Crippen molar-refractivity contribution in [2.24, 2.45) is 5.73 Å². The van der Waals surface area contributed by atoms with E-state index < -0.39 is 0 Å². The third kappa shape index (κ3) is 2.90. The highest BCUT2D eigenvalue weighted by atomic mass is 16.5. The van der Waals surface area contributed by atoms with Gasteiger partial charge in [0.05, 0.1) is 12.8 Å². The number of rotatable bonds is 4. The Hall–Kier alpha value is -1.94. The summed E-state index contributed by atoms with van der Waals surface area (Å²) in [6.45, 7) is 4.60. The van der Waals surface area contributed by atoms with Gasteiger partial charge in [-0.1, -0.05) is 13.8 Å². The standard InChI is InChI=1S/C15H19N3O/c1-15(2,10-16)14-17-9-8-13(18-14)11-4-6-12(19-3)7-5-11/h4-9H,10,16H2,1-3H3. The molecule has 0 spiro atoms. The average Bonchev–Trinajstić information content (AvgIpc) is 2.47. The lowest BCUT2D eigenvalue weighted by atomic mass is 9.92. The predicted molar refractivity (Wildman–Crippen MR) is 76.1 cm³/mol. The van der Waals surface area contributed by atoms with Crippen LogP contribution in [0.5, 0.6) is 5.75 Å². The molecule has 0 atom stereocenters. The van der Waals surface area contributed by atoms with Gasteiger partial charge in [0.2, 0.25) is 0 Å². The van der Waals surface area contributed by atoms with Crippen molar-refractivity contribution >= 4 is 0 Å². The Labute approximate surface area is 113 Å². The number of methoxy groups -OCH3 is 1. The normalized spacial score (nSPS) is 11.4. The van der Waals surface area contributed by atoms with Gasteiger partial charge in [0.25, 0.3) is 0 Å². The second-order valence-electron chi connectivity index (χ2n) is 5.08. The van der Waals surface area contributed by atoms with Crippen LogP contribution in [0.3, 0.4) is 0 Å². The van der Waals surface area contributed by atoms with Crippen LogP contribution in [0.15, 0.2) is 36.5 Å². The van der Waals surface area contributed by atoms with Crippen LogP contribution in [0.25, 0.3) is 11.3 Å². The second kappa shape index (κ2) is 5.36. The van der Waals surface area contributed by atoms with Gasteiger partial charge < -0.3 is 10.5 Å². The van der Waals surface area contributed by atoms with Crippen LogP contribution < -0.4 is 10.5 Å². The first-order chi connectivity index (χ1) is 9.06. The fraction of sp³-hybridized carbons (Fsp3) is 0.333. The molecule has 1 heterocycles. The van der Waals surface area contributed by atoms with Crippen LogP contribution >= 0.6 is 0 Å². The van der Waals surface area contributed by atoms with E-state index in [1.54, 1.807) is 13.3 Å². The first-order valence-electron chi connectivity index (χ1n) is 6.25. The highest BCUT2D eigenvalue weighted by Crippen LogP contribution is 2.23. The SMILES string of the molecule is COc1ccc(-c2ccnc(C(C)(C)CN)n2)cc1. The van der Waals surface area contributed by atoms with Gasteiger partial charge in [0.1, 0.15) is 11.6 Å². The molecule has 1 aromatic heterocycles. The van der Waals surface area contributed by atoms with E-state index in [-0.39, 0.29) is 5.41 Å². The molecule has 19 heavy (non-hydrogen) atoms. The summed E-state index contributed by atoms with van der Waals surface area (Å²) < 4.78 is 5.15. The van der Waals surface area contributed by atoms with Crippen molar-refractivity contribution in [2.75, 3.05) is 13.7 Å². The minimum Gasteiger partial charge on any atom is -0.497 e. The van der Waals surface area contributed by atoms with Crippen LogP contribution in [-0.4, -0.2) is 23.6 Å². The molecule has 0 unspecified atom stereocenters. The maximum Gasteiger partial charge on any atom is 0.135 e. The fourth-order valence-electron chi connectivity index (χ4n) is 1.70. The van der Waals surface area contributed by atoms with Gasteiger partial charge in [-0.2, -0.15) is 0 Å². The molecule has 0 saturated heterocycles. The molecule has 2 N–H and O–H groups in total. The smallest absolute Gasteiger partial charge is 0.135 e. The lowest BCUT2D eigenvalue weighted by molar-refractivity contribution is 0.415. The summed E-state index contributed by atoms with van der Waals surface area (Å²) in [5.74, 6) is 1.60. The second-order valence-corrected chi connectivity index (χ2v) is 5.08. The van der Waals surface area contributed by atoms with Crippen molar-refractivity contribution in [1.82, 2.24) is 9.97 Å². The maximum absolute atomic E-state index is 5.77. The van der Waals surface area contributed by atoms with Gasteiger partial charge in [0.15, 0.2) is 0 Å². The van der Waals surface area contributed by atoms with Gasteiger partial charge in [0, 0.05) is 23.7 Å². The number of ether oxygens (including phenoxy) is 1. The zero-order valence-electron chi connectivity index (χ0n) is 11.6. The Kier molecular flexibility index (Phi) is 3.81. The first-order valence-corrected chi connectivity index (χ1v) is 6.25. The van der Waals surface area contributed by atoms with Crippen molar-refractivity contribution in [3.63, 3.8) is 0 Å². The summed E-state index contributed by atoms with van der Waals surface area (Å²) >= 11 is 0. The lowest BCUT2D eigenvalue weighted by Gasteiger charge is -2.20. The molecule has 0 radical (unpaired) electrons. The van der Waals surface area contributed by atoms with Crippen molar-refractivity contribution in [3.05, 3.63) is 42.4 Å². The van der Waals surface area contributed by atoms with E-state index in [0.717, 1.165) is 22.8 Å². The molecular weight excluding hydrogens is 238 g/mol. The molecule has 0 aliphatic heterocycles. The molecule has 2 rings (SSSR count). The van der Waals surface area contributed by atoms with E-state index in [1.165, 1.54) is 0 Å². The highest BCUT2D eigenvalue weighted by molar-refractivity contribution is 5.59. The number of benzene rings is 1. The van der Waals surface area contributed by atoms with Crippen LogP contribution in [0.4, 0.5) is 0 Å². The summed E-state index contributed by atoms with van der Waals surface area (Å²) in [4.78, 5) is 8.93. The summed E-state index contributed by atoms with van der Waals surface area (Å²) in [6.07, 6.45) is 1.78. The molecule has 1 aromatic carbocycles. The largest absolute Gasteiger partial charge is 0.497 e. The summed E-state index contributed by atoms with van der Waals surface area (Å²) in [5, 5.41) is 0. The van der Waals surface area contributed by atoms with E-state index in [9.17, 15) is 0 Å². The molecule has 2 aromatic rings. The quantitative estimate of drug-likeness (QED) is 0.913. The zero-order chi connectivity index (χ0) is 13.9. The van der Waals surface area contributed by atoms with Crippen molar-refractivity contribution in [2.45, 2.75) is 19.3 Å². The van der Waals surface area contributed by atoms with E-state index >= 15 is 0 Å². The third-order valence-electron chi connectivity index (χ3n) is 3.16. The number of nitrogens with two attached hydrogens (primary N) is 1. The van der Waals surface area contributed by atoms with Crippen LogP contribution in [0, 0.1) is 0 Å². The van der Waals surface area contributed by atoms with E-state index in [2.05, 4.69) is 9.97 Å². The monoisotopic (exact) mass is 257 g/mol. The molecule has 4 nitrogen and oxygen atoms in total. The fourth-order valence-corrected chi connectivity index (χ4v) is 1.70. The lowest BCUT2D eigenvalue weighted by Crippen LogP contribution is -2.30. The number of aromatic nitrogens is 2. The van der Waals surface area contributed by atoms with E-state index in [4.69, 9.17) is 10.5 Å². The Morgan fingerprint density at radius 3 is 2.42 bits per heavy atom. The highest BCUT2D eigenvalue weighted by Gasteiger charge is 2.22. The Bertz CT molecular complexity index is 550. The summed E-state index contributed by atoms with van der Waals surface area (Å²) in [7, 11) is 1.65. The predicted octanol–water partition coefficient (Wildman–Crippen LogP) is 2.39. The minimum atomic E-state index is -0.220. The van der Waals surface area contributed by atoms with Crippen LogP contribution in [0.1, 0.15) is 19.7 Å². The molecule has 0 saturated carbocycles. The topological polar surface area (TPSA) is 61.0 Å². The minimum absolute atomic E-state index is 0.220. The van der Waals surface area contributed by atoms with Crippen LogP contribution in [-0.2, 0) is 5.41 Å². The molecular formula is C15H19N3O. The molecule has 0 amide bonds. The Balaban J connectivity index is 2.37. The molecule has 0 aliphatic carbocycles. The Morgan fingerprint density at radius 2 is 1.84 bits per heavy atom. The van der Waals surface area contributed by atoms with Crippen LogP contribution in [0.2, 0.25) is 0 Å². The number of hydrogen-bond donors (Lipinski definition) is 1. The number of nitrogens with zero attached hydrogens (tertiary/aromatic N) is 2. The molecule has 0 fully saturated rings. The Morgan fingerprint density at radius 1 is 1.16 bits per heavy atom. The third-order valence-corrected chi connectivity index (χ3v) is 3.16. The summed E-state index contributed by atoms with van der Waals surface area (Å²) in [5.41, 5.74) is 7.49. The van der Waals surface area contributed by atoms with Gasteiger partial charge in [-0.15, -0.1) is 0 Å². The first kappa shape index (κ1) is 13.5. The van der Waals surface area contributed by atoms with Gasteiger partial charge >= 0.3 is 0 Å². The maximum atomic E-state index is 5.77. The van der Waals surface area contributed by atoms with Gasteiger partial charge in [-0.05, 0) is 30.3 Å². The molecule has 100 valence electrons. The molecule has 4 heteroatoms. The zero-order valence-corrected chi connectivity index (χ0v) is 11.6. The molecule has 0 aliphatic rings. The van der Waals surface area contributed by atoms with Crippen molar-refractivity contribution in [3.8, 4) is 17.0 Å². The van der Waals surface area contributed by atoms with Crippen molar-refractivity contribution in [1.29, 1.82) is 0 Å². The van der Waals surface area contributed by atoms with Crippen molar-refractivity contribution < 1.29 is 4.74 Å². The van der Waals surface area contributed by atoms with Gasteiger partial charge in [-0.25, -0.2) is 9.97 Å². The average molecular weight is 257 g/mol.